The van der Waals surface area contributed by atoms with Crippen LogP contribution in [-0.4, -0.2) is 0 Å². The van der Waals surface area contributed by atoms with Crippen molar-refractivity contribution < 1.29 is 0 Å². The number of anilines is 3. The number of rotatable bonds is 5. The summed E-state index contributed by atoms with van der Waals surface area (Å²) in [6.07, 6.45) is 0. The van der Waals surface area contributed by atoms with Crippen molar-refractivity contribution >= 4 is 61.8 Å². The highest BCUT2D eigenvalue weighted by atomic mass is 35.5. The van der Waals surface area contributed by atoms with Crippen LogP contribution in [0.15, 0.2) is 164 Å². The van der Waals surface area contributed by atoms with Gasteiger partial charge in [0.2, 0.25) is 0 Å². The molecule has 0 saturated carbocycles. The summed E-state index contributed by atoms with van der Waals surface area (Å²) in [7, 11) is 0. The number of benzene rings is 8. The number of halogens is 2. The molecule has 1 nitrogen and oxygen atoms in total. The molecule has 50 heavy (non-hydrogen) atoms. The van der Waals surface area contributed by atoms with Crippen molar-refractivity contribution in [3.05, 3.63) is 185 Å². The van der Waals surface area contributed by atoms with E-state index >= 15 is 0 Å². The summed E-state index contributed by atoms with van der Waals surface area (Å²) in [5.74, 6) is 0. The van der Waals surface area contributed by atoms with Crippen LogP contribution in [0.1, 0.15) is 25.0 Å². The highest BCUT2D eigenvalue weighted by Gasteiger charge is 2.35. The van der Waals surface area contributed by atoms with E-state index in [0.29, 0.717) is 10.0 Å². The molecule has 0 radical (unpaired) electrons. The molecule has 0 N–H and O–H groups in total. The Morgan fingerprint density at radius 2 is 0.800 bits per heavy atom. The first-order valence-electron chi connectivity index (χ1n) is 17.0. The molecule has 9 rings (SSSR count). The average Bonchev–Trinajstić information content (AvgIpc) is 3.38. The van der Waals surface area contributed by atoms with Crippen molar-refractivity contribution in [2.24, 2.45) is 0 Å². The molecule has 0 bridgehead atoms. The molecule has 0 spiro atoms. The maximum Gasteiger partial charge on any atom is 0.0462 e. The Labute approximate surface area is 303 Å². The largest absolute Gasteiger partial charge is 0.311 e. The van der Waals surface area contributed by atoms with Crippen LogP contribution < -0.4 is 4.90 Å². The topological polar surface area (TPSA) is 3.24 Å². The van der Waals surface area contributed by atoms with Crippen LogP contribution >= 0.6 is 23.2 Å². The minimum atomic E-state index is -0.0683. The zero-order valence-corrected chi connectivity index (χ0v) is 29.3. The van der Waals surface area contributed by atoms with Gasteiger partial charge in [-0.2, -0.15) is 0 Å². The van der Waals surface area contributed by atoms with Gasteiger partial charge in [0.1, 0.15) is 0 Å². The van der Waals surface area contributed by atoms with Crippen molar-refractivity contribution in [2.75, 3.05) is 4.90 Å². The number of nitrogens with zero attached hydrogens (tertiary/aromatic N) is 1. The molecule has 0 saturated heterocycles. The zero-order valence-electron chi connectivity index (χ0n) is 27.8. The Bertz CT molecular complexity index is 2460. The second-order valence-corrected chi connectivity index (χ2v) is 14.5. The van der Waals surface area contributed by atoms with E-state index in [0.717, 1.165) is 17.1 Å². The van der Waals surface area contributed by atoms with Crippen molar-refractivity contribution in [1.29, 1.82) is 0 Å². The van der Waals surface area contributed by atoms with Crippen LogP contribution in [0.5, 0.6) is 0 Å². The van der Waals surface area contributed by atoms with Crippen LogP contribution in [0, 0.1) is 0 Å². The van der Waals surface area contributed by atoms with Gasteiger partial charge in [0.15, 0.2) is 0 Å². The second-order valence-electron chi connectivity index (χ2n) is 13.6. The van der Waals surface area contributed by atoms with Gasteiger partial charge in [-0.15, -0.1) is 0 Å². The third-order valence-corrected chi connectivity index (χ3v) is 10.9. The molecule has 0 aliphatic heterocycles. The van der Waals surface area contributed by atoms with E-state index in [1.54, 1.807) is 0 Å². The molecule has 1 aliphatic carbocycles. The Morgan fingerprint density at radius 1 is 0.400 bits per heavy atom. The lowest BCUT2D eigenvalue weighted by Gasteiger charge is -2.26. The fourth-order valence-corrected chi connectivity index (χ4v) is 8.27. The van der Waals surface area contributed by atoms with Crippen LogP contribution in [-0.2, 0) is 5.41 Å². The van der Waals surface area contributed by atoms with E-state index in [1.165, 1.54) is 66.1 Å². The van der Waals surface area contributed by atoms with Gasteiger partial charge in [-0.25, -0.2) is 0 Å². The first-order chi connectivity index (χ1) is 24.4. The first-order valence-corrected chi connectivity index (χ1v) is 17.7. The maximum atomic E-state index is 6.28. The fraction of sp³-hybridized carbons (Fsp3) is 0.0638. The SMILES string of the molecule is CC1(C)c2ccccc2-c2ccc(-c3c4ccccc4c(-c4ccc(N(c5ccc(Cl)cc5)c5ccc(Cl)cc5)cc4)c4ccccc34)cc21. The van der Waals surface area contributed by atoms with Crippen LogP contribution in [0.2, 0.25) is 10.0 Å². The average molecular weight is 683 g/mol. The first kappa shape index (κ1) is 30.7. The van der Waals surface area contributed by atoms with Crippen LogP contribution in [0.3, 0.4) is 0 Å². The Hall–Kier alpha value is -5.34. The molecule has 0 unspecified atom stereocenters. The third kappa shape index (κ3) is 4.92. The third-order valence-electron chi connectivity index (χ3n) is 10.4. The lowest BCUT2D eigenvalue weighted by molar-refractivity contribution is 0.660. The summed E-state index contributed by atoms with van der Waals surface area (Å²) < 4.78 is 0. The lowest BCUT2D eigenvalue weighted by Crippen LogP contribution is -2.14. The molecule has 0 fully saturated rings. The van der Waals surface area contributed by atoms with Crippen molar-refractivity contribution in [3.8, 4) is 33.4 Å². The Balaban J connectivity index is 1.21. The van der Waals surface area contributed by atoms with E-state index in [2.05, 4.69) is 134 Å². The minimum absolute atomic E-state index is 0.0683. The standard InChI is InChI=1S/C47H33Cl2N/c1-47(2)43-14-8-7-9-37(43)38-28-17-31(29-44(38)47)46-41-12-5-3-10-39(41)45(40-11-4-6-13-42(40)46)30-15-22-34(23-16-30)50(35-24-18-32(48)19-25-35)36-26-20-33(49)21-27-36/h3-29H,1-2H3. The van der Waals surface area contributed by atoms with Gasteiger partial charge >= 0.3 is 0 Å². The van der Waals surface area contributed by atoms with Gasteiger partial charge < -0.3 is 4.90 Å². The molecule has 0 aromatic heterocycles. The molecule has 0 heterocycles. The molecule has 8 aromatic rings. The quantitative estimate of drug-likeness (QED) is 0.163. The summed E-state index contributed by atoms with van der Waals surface area (Å²) in [5, 5.41) is 6.39. The zero-order chi connectivity index (χ0) is 34.0. The highest BCUT2D eigenvalue weighted by Crippen LogP contribution is 2.51. The van der Waals surface area contributed by atoms with E-state index in [9.17, 15) is 0 Å². The van der Waals surface area contributed by atoms with E-state index < -0.39 is 0 Å². The molecule has 0 atom stereocenters. The molecule has 8 aromatic carbocycles. The van der Waals surface area contributed by atoms with E-state index in [1.807, 2.05) is 48.5 Å². The second kappa shape index (κ2) is 11.9. The highest BCUT2D eigenvalue weighted by molar-refractivity contribution is 6.31. The molecular weight excluding hydrogens is 649 g/mol. The molecule has 1 aliphatic rings. The summed E-state index contributed by atoms with van der Waals surface area (Å²) in [6.45, 7) is 4.71. The van der Waals surface area contributed by atoms with Gasteiger partial charge in [-0.05, 0) is 133 Å². The van der Waals surface area contributed by atoms with Gasteiger partial charge in [-0.3, -0.25) is 0 Å². The lowest BCUT2D eigenvalue weighted by atomic mass is 9.80. The summed E-state index contributed by atoms with van der Waals surface area (Å²) >= 11 is 12.6. The molecule has 3 heteroatoms. The van der Waals surface area contributed by atoms with Crippen molar-refractivity contribution in [2.45, 2.75) is 19.3 Å². The Morgan fingerprint density at radius 3 is 1.32 bits per heavy atom. The smallest absolute Gasteiger partial charge is 0.0462 e. The van der Waals surface area contributed by atoms with Gasteiger partial charge in [0.05, 0.1) is 0 Å². The van der Waals surface area contributed by atoms with Gasteiger partial charge in [-0.1, -0.05) is 134 Å². The normalized spacial score (nSPS) is 13.0. The maximum absolute atomic E-state index is 6.28. The number of hydrogen-bond acceptors (Lipinski definition) is 1. The summed E-state index contributed by atoms with van der Waals surface area (Å²) in [4.78, 5) is 2.23. The molecule has 240 valence electrons. The predicted molar refractivity (Wildman–Crippen MR) is 215 cm³/mol. The Kier molecular flexibility index (Phi) is 7.32. The molecule has 0 amide bonds. The van der Waals surface area contributed by atoms with Gasteiger partial charge in [0.25, 0.3) is 0 Å². The fourth-order valence-electron chi connectivity index (χ4n) is 8.01. The summed E-state index contributed by atoms with van der Waals surface area (Å²) in [6, 6.07) is 58.5. The monoisotopic (exact) mass is 681 g/mol. The minimum Gasteiger partial charge on any atom is -0.311 e. The number of fused-ring (bicyclic) bond motifs is 5. The predicted octanol–water partition coefficient (Wildman–Crippen LogP) is 14.4. The molecular formula is C47H33Cl2N. The van der Waals surface area contributed by atoms with Gasteiger partial charge in [0, 0.05) is 32.5 Å². The van der Waals surface area contributed by atoms with Crippen molar-refractivity contribution in [1.82, 2.24) is 0 Å². The van der Waals surface area contributed by atoms with E-state index in [-0.39, 0.29) is 5.41 Å². The number of hydrogen-bond donors (Lipinski definition) is 0. The summed E-state index contributed by atoms with van der Waals surface area (Å²) in [5.41, 5.74) is 13.4. The van der Waals surface area contributed by atoms with Crippen LogP contribution in [0.4, 0.5) is 17.1 Å². The van der Waals surface area contributed by atoms with E-state index in [4.69, 9.17) is 23.2 Å². The van der Waals surface area contributed by atoms with Crippen LogP contribution in [0.25, 0.3) is 54.9 Å². The van der Waals surface area contributed by atoms with Crippen molar-refractivity contribution in [3.63, 3.8) is 0 Å².